The molecule has 22 heavy (non-hydrogen) atoms. The molecule has 1 unspecified atom stereocenters. The van der Waals surface area contributed by atoms with Crippen molar-refractivity contribution in [1.29, 1.82) is 0 Å². The average molecular weight is 356 g/mol. The zero-order chi connectivity index (χ0) is 17.8. The standard InChI is InChI=1S/C8H9F9O5/c9-5(10,3-20-2-4(19)1-18)21-6(11,12)7(13,14)22-8(15,16)17/h4,18-19H,1-3H2. The number of rotatable bonds is 9. The minimum absolute atomic E-state index is 0.944. The maximum Gasteiger partial charge on any atom is 0.527 e. The fourth-order valence-electron chi connectivity index (χ4n) is 0.848. The summed E-state index contributed by atoms with van der Waals surface area (Å²) in [6, 6.07) is 0. The Labute approximate surface area is 116 Å². The Hall–Kier alpha value is -0.830. The molecule has 14 heteroatoms. The van der Waals surface area contributed by atoms with Crippen LogP contribution in [0.15, 0.2) is 0 Å². The Bertz CT molecular complexity index is 345. The van der Waals surface area contributed by atoms with Gasteiger partial charge in [0.2, 0.25) is 0 Å². The lowest BCUT2D eigenvalue weighted by Crippen LogP contribution is -2.52. The zero-order valence-corrected chi connectivity index (χ0v) is 10.2. The van der Waals surface area contributed by atoms with Gasteiger partial charge in [0.15, 0.2) is 0 Å². The van der Waals surface area contributed by atoms with Crippen LogP contribution in [0.1, 0.15) is 0 Å². The summed E-state index contributed by atoms with van der Waals surface area (Å²) >= 11 is 0. The van der Waals surface area contributed by atoms with Gasteiger partial charge in [-0.05, 0) is 0 Å². The van der Waals surface area contributed by atoms with Crippen LogP contribution in [0.4, 0.5) is 39.5 Å². The first-order valence-electron chi connectivity index (χ1n) is 5.09. The first kappa shape index (κ1) is 21.2. The molecule has 0 aliphatic carbocycles. The van der Waals surface area contributed by atoms with Gasteiger partial charge < -0.3 is 14.9 Å². The number of ether oxygens (including phenoxy) is 3. The van der Waals surface area contributed by atoms with Crippen LogP contribution in [0.3, 0.4) is 0 Å². The number of hydrogen-bond donors (Lipinski definition) is 2. The molecular formula is C8H9F9O5. The molecule has 0 aromatic carbocycles. The van der Waals surface area contributed by atoms with Gasteiger partial charge in [-0.25, -0.2) is 9.47 Å². The summed E-state index contributed by atoms with van der Waals surface area (Å²) in [6.07, 6.45) is -25.8. The molecular weight excluding hydrogens is 347 g/mol. The van der Waals surface area contributed by atoms with Crippen molar-refractivity contribution in [3.8, 4) is 0 Å². The molecule has 5 nitrogen and oxygen atoms in total. The molecule has 0 aliphatic heterocycles. The van der Waals surface area contributed by atoms with Gasteiger partial charge in [-0.15, -0.1) is 13.2 Å². The van der Waals surface area contributed by atoms with Crippen molar-refractivity contribution >= 4 is 0 Å². The van der Waals surface area contributed by atoms with E-state index in [4.69, 9.17) is 10.2 Å². The van der Waals surface area contributed by atoms with Crippen molar-refractivity contribution < 1.29 is 63.9 Å². The molecule has 0 saturated heterocycles. The highest BCUT2D eigenvalue weighted by molar-refractivity contribution is 4.70. The Kier molecular flexibility index (Phi) is 6.89. The second-order valence-corrected chi connectivity index (χ2v) is 3.67. The van der Waals surface area contributed by atoms with Crippen molar-refractivity contribution in [2.45, 2.75) is 30.8 Å². The van der Waals surface area contributed by atoms with Crippen LogP contribution < -0.4 is 0 Å². The predicted molar refractivity (Wildman–Crippen MR) is 47.0 cm³/mol. The smallest absolute Gasteiger partial charge is 0.394 e. The van der Waals surface area contributed by atoms with Crippen LogP contribution in [0.5, 0.6) is 0 Å². The van der Waals surface area contributed by atoms with Crippen molar-refractivity contribution in [2.24, 2.45) is 0 Å². The lowest BCUT2D eigenvalue weighted by molar-refractivity contribution is -0.530. The van der Waals surface area contributed by atoms with Crippen molar-refractivity contribution in [3.63, 3.8) is 0 Å². The second kappa shape index (κ2) is 7.16. The van der Waals surface area contributed by atoms with E-state index in [-0.39, 0.29) is 0 Å². The first-order valence-corrected chi connectivity index (χ1v) is 5.09. The van der Waals surface area contributed by atoms with Gasteiger partial charge in [-0.1, -0.05) is 0 Å². The molecule has 0 amide bonds. The van der Waals surface area contributed by atoms with E-state index >= 15 is 0 Å². The molecule has 2 N–H and O–H groups in total. The van der Waals surface area contributed by atoms with E-state index in [0.717, 1.165) is 0 Å². The van der Waals surface area contributed by atoms with E-state index in [2.05, 4.69) is 9.47 Å². The molecule has 0 aliphatic rings. The maximum atomic E-state index is 12.8. The fourth-order valence-corrected chi connectivity index (χ4v) is 0.848. The normalized spacial score (nSPS) is 16.0. The highest BCUT2D eigenvalue weighted by Gasteiger charge is 2.67. The molecule has 0 rings (SSSR count). The summed E-state index contributed by atoms with van der Waals surface area (Å²) in [4.78, 5) is 0. The van der Waals surface area contributed by atoms with E-state index in [1.807, 2.05) is 0 Å². The van der Waals surface area contributed by atoms with E-state index in [1.165, 1.54) is 0 Å². The van der Waals surface area contributed by atoms with Gasteiger partial charge in [0.05, 0.1) is 13.2 Å². The number of alkyl halides is 9. The van der Waals surface area contributed by atoms with Gasteiger partial charge in [0.25, 0.3) is 0 Å². The first-order chi connectivity index (χ1) is 9.62. The van der Waals surface area contributed by atoms with E-state index in [1.54, 1.807) is 4.74 Å². The predicted octanol–water partition coefficient (Wildman–Crippen LogP) is 1.69. The van der Waals surface area contributed by atoms with Crippen LogP contribution in [0, 0.1) is 0 Å². The van der Waals surface area contributed by atoms with Crippen LogP contribution in [0.25, 0.3) is 0 Å². The van der Waals surface area contributed by atoms with Crippen LogP contribution >= 0.6 is 0 Å². The molecule has 134 valence electrons. The quantitative estimate of drug-likeness (QED) is 0.616. The Morgan fingerprint density at radius 1 is 0.818 bits per heavy atom. The number of aliphatic hydroxyl groups excluding tert-OH is 2. The maximum absolute atomic E-state index is 12.8. The van der Waals surface area contributed by atoms with E-state index in [0.29, 0.717) is 0 Å². The van der Waals surface area contributed by atoms with Gasteiger partial charge in [0.1, 0.15) is 12.7 Å². The largest absolute Gasteiger partial charge is 0.527 e. The minimum atomic E-state index is -6.43. The molecule has 1 atom stereocenters. The number of halogens is 9. The zero-order valence-electron chi connectivity index (χ0n) is 10.2. The lowest BCUT2D eigenvalue weighted by Gasteiger charge is -2.29. The summed E-state index contributed by atoms with van der Waals surface area (Å²) in [6.45, 7) is -4.06. The topological polar surface area (TPSA) is 68.2 Å². The SMILES string of the molecule is OCC(O)COCC(F)(F)OC(F)(F)C(F)(F)OC(F)(F)F. The molecule has 0 aromatic heterocycles. The van der Waals surface area contributed by atoms with Crippen molar-refractivity contribution in [1.82, 2.24) is 0 Å². The van der Waals surface area contributed by atoms with E-state index in [9.17, 15) is 39.5 Å². The summed E-state index contributed by atoms with van der Waals surface area (Å²) in [5.74, 6) is 0. The van der Waals surface area contributed by atoms with Crippen LogP contribution in [0.2, 0.25) is 0 Å². The summed E-state index contributed by atoms with van der Waals surface area (Å²) in [5, 5.41) is 16.9. The number of aliphatic hydroxyl groups is 2. The van der Waals surface area contributed by atoms with Crippen molar-refractivity contribution in [3.05, 3.63) is 0 Å². The third kappa shape index (κ3) is 7.44. The molecule has 0 bridgehead atoms. The molecule has 0 heterocycles. The second-order valence-electron chi connectivity index (χ2n) is 3.67. The minimum Gasteiger partial charge on any atom is -0.394 e. The van der Waals surface area contributed by atoms with Crippen molar-refractivity contribution in [2.75, 3.05) is 19.8 Å². The summed E-state index contributed by atoms with van der Waals surface area (Å²) in [7, 11) is 0. The monoisotopic (exact) mass is 356 g/mol. The molecule has 0 radical (unpaired) electrons. The molecule has 0 saturated carbocycles. The molecule has 0 spiro atoms. The van der Waals surface area contributed by atoms with E-state index < -0.39 is 50.6 Å². The Morgan fingerprint density at radius 2 is 1.27 bits per heavy atom. The Morgan fingerprint density at radius 3 is 1.68 bits per heavy atom. The fraction of sp³-hybridized carbons (Fsp3) is 1.00. The third-order valence-electron chi connectivity index (χ3n) is 1.65. The van der Waals surface area contributed by atoms with Crippen LogP contribution in [-0.4, -0.2) is 60.8 Å². The van der Waals surface area contributed by atoms with Crippen LogP contribution in [-0.2, 0) is 14.2 Å². The van der Waals surface area contributed by atoms with Gasteiger partial charge >= 0.3 is 24.7 Å². The third-order valence-corrected chi connectivity index (χ3v) is 1.65. The molecule has 0 fully saturated rings. The lowest BCUT2D eigenvalue weighted by atomic mass is 10.4. The van der Waals surface area contributed by atoms with Gasteiger partial charge in [-0.3, -0.25) is 0 Å². The van der Waals surface area contributed by atoms with Gasteiger partial charge in [0, 0.05) is 0 Å². The highest BCUT2D eigenvalue weighted by atomic mass is 19.4. The average Bonchev–Trinajstić information content (AvgIpc) is 2.23. The molecule has 0 aromatic rings. The summed E-state index contributed by atoms with van der Waals surface area (Å²) in [5.41, 5.74) is 0. The van der Waals surface area contributed by atoms with Gasteiger partial charge in [-0.2, -0.15) is 26.3 Å². The Balaban J connectivity index is 4.72. The highest BCUT2D eigenvalue weighted by Crippen LogP contribution is 2.43. The number of hydrogen-bond acceptors (Lipinski definition) is 5. The summed E-state index contributed by atoms with van der Waals surface area (Å²) < 4.78 is 118.